The summed E-state index contributed by atoms with van der Waals surface area (Å²) in [6, 6.07) is 92.0. The fraction of sp³-hybridized carbons (Fsp3) is 0.273. The van der Waals surface area contributed by atoms with Gasteiger partial charge in [0.05, 0.1) is 0 Å². The third-order valence-corrected chi connectivity index (χ3v) is 21.9. The molecule has 0 atom stereocenters. The van der Waals surface area contributed by atoms with Gasteiger partial charge in [-0.2, -0.15) is 0 Å². The first-order chi connectivity index (χ1) is 49.5. The average Bonchev–Trinajstić information content (AvgIpc) is 1.59. The molecule has 3 aliphatic carbocycles. The van der Waals surface area contributed by atoms with Gasteiger partial charge in [0.15, 0.2) is 0 Å². The van der Waals surface area contributed by atoms with E-state index in [0.717, 1.165) is 27.9 Å². The lowest BCUT2D eigenvalue weighted by Gasteiger charge is -2.40. The van der Waals surface area contributed by atoms with Gasteiger partial charge in [-0.25, -0.2) is 0 Å². The molecule has 0 unspecified atom stereocenters. The van der Waals surface area contributed by atoms with Crippen LogP contribution < -0.4 is 14.7 Å². The second-order valence-corrected chi connectivity index (χ2v) is 33.4. The smallest absolute Gasteiger partial charge is 0.0495 e. The van der Waals surface area contributed by atoms with Crippen LogP contribution in [-0.4, -0.2) is 16.6 Å². The Hall–Kier alpha value is -9.96. The molecule has 15 rings (SSSR count). The lowest BCUT2D eigenvalue weighted by molar-refractivity contribution is 0.559. The number of rotatable bonds is 9. The summed E-state index contributed by atoms with van der Waals surface area (Å²) in [7, 11) is 0. The minimum absolute atomic E-state index is 0.00455. The quantitative estimate of drug-likeness (QED) is 0.143. The van der Waals surface area contributed by atoms with Crippen LogP contribution in [0.4, 0.5) is 34.1 Å². The molecule has 0 saturated heterocycles. The van der Waals surface area contributed by atoms with Crippen molar-refractivity contribution in [2.45, 2.75) is 178 Å². The van der Waals surface area contributed by atoms with Gasteiger partial charge in [-0.15, -0.1) is 0 Å². The van der Waals surface area contributed by atoms with E-state index in [0.29, 0.717) is 5.56 Å². The highest BCUT2D eigenvalue weighted by Gasteiger charge is 2.40. The predicted molar refractivity (Wildman–Crippen MR) is 442 cm³/mol. The van der Waals surface area contributed by atoms with Gasteiger partial charge in [-0.05, 0) is 298 Å². The summed E-state index contributed by atoms with van der Waals surface area (Å²) >= 11 is 0. The summed E-state index contributed by atoms with van der Waals surface area (Å²) in [6.07, 6.45) is 0. The molecule has 0 spiro atoms. The molecule has 12 aromatic rings. The third-order valence-electron chi connectivity index (χ3n) is 21.9. The predicted octanol–water partition coefficient (Wildman–Crippen LogP) is 27.6. The van der Waals surface area contributed by atoms with E-state index < -0.39 is 6.85 Å². The van der Waals surface area contributed by atoms with Crippen molar-refractivity contribution in [3.05, 3.63) is 322 Å². The van der Waals surface area contributed by atoms with Crippen LogP contribution in [0.2, 0.25) is 0 Å². The van der Waals surface area contributed by atoms with Crippen LogP contribution in [0, 0.1) is 41.5 Å². The van der Waals surface area contributed by atoms with E-state index in [1.54, 1.807) is 0 Å². The molecule has 3 heteroatoms. The van der Waals surface area contributed by atoms with Gasteiger partial charge in [-0.1, -0.05) is 230 Å². The Labute approximate surface area is 615 Å². The molecular weight excluding hydrogens is 1230 g/mol. The van der Waals surface area contributed by atoms with Crippen molar-refractivity contribution >= 4 is 34.1 Å². The number of benzene rings is 12. The van der Waals surface area contributed by atoms with Crippen LogP contribution in [0.5, 0.6) is 0 Å². The number of para-hydroxylation sites is 4. The average molecular weight is 1340 g/mol. The van der Waals surface area contributed by atoms with E-state index in [2.05, 4.69) is 396 Å². The molecule has 3 nitrogen and oxygen atoms in total. The first kappa shape index (κ1) is 66.6. The molecule has 0 aromatic heterocycles. The molecule has 0 fully saturated rings. The Kier molecular flexibility index (Phi) is 17.3. The molecular formula is C99H105N3. The van der Waals surface area contributed by atoms with Crippen molar-refractivity contribution in [1.82, 2.24) is 0 Å². The van der Waals surface area contributed by atoms with Crippen molar-refractivity contribution in [1.29, 1.82) is 0 Å². The second kappa shape index (κ2) is 26.5. The maximum Gasteiger partial charge on any atom is 0.0495 e. The number of anilines is 6. The zero-order valence-electron chi connectivity index (χ0n) is 67.1. The maximum absolute atomic E-state index is 8.36. The molecule has 102 heavy (non-hydrogen) atoms. The Morgan fingerprint density at radius 2 is 0.569 bits per heavy atom. The normalized spacial score (nSPS) is 14.5. The highest BCUT2D eigenvalue weighted by molar-refractivity contribution is 5.92. The summed E-state index contributed by atoms with van der Waals surface area (Å²) in [4.78, 5) is 7.32. The monoisotopic (exact) mass is 1340 g/mol. The molecule has 0 heterocycles. The molecule has 0 aliphatic heterocycles. The number of hydrogen-bond acceptors (Lipinski definition) is 3. The van der Waals surface area contributed by atoms with Gasteiger partial charge < -0.3 is 14.7 Å². The molecule has 0 saturated carbocycles. The van der Waals surface area contributed by atoms with Gasteiger partial charge in [0.2, 0.25) is 0 Å². The van der Waals surface area contributed by atoms with E-state index in [9.17, 15) is 0 Å². The van der Waals surface area contributed by atoms with E-state index in [-0.39, 0.29) is 32.9 Å². The van der Waals surface area contributed by atoms with E-state index in [1.165, 1.54) is 134 Å². The molecule has 0 radical (unpaired) electrons. The Morgan fingerprint density at radius 3 is 0.980 bits per heavy atom. The van der Waals surface area contributed by atoms with Gasteiger partial charge in [0, 0.05) is 76.7 Å². The van der Waals surface area contributed by atoms with Crippen LogP contribution in [0.3, 0.4) is 0 Å². The van der Waals surface area contributed by atoms with E-state index >= 15 is 0 Å². The molecule has 0 amide bonds. The zero-order chi connectivity index (χ0) is 75.3. The Morgan fingerprint density at radius 1 is 0.235 bits per heavy atom. The molecule has 3 aliphatic rings. The first-order valence-corrected chi connectivity index (χ1v) is 36.7. The number of fused-ring (bicyclic) bond motifs is 9. The van der Waals surface area contributed by atoms with E-state index in [1.807, 2.05) is 12.1 Å². The minimum Gasteiger partial charge on any atom is -0.336 e. The van der Waals surface area contributed by atoms with Crippen molar-refractivity contribution in [2.24, 2.45) is 0 Å². The molecule has 0 N–H and O–H groups in total. The Balaban J connectivity index is 0.000000140. The van der Waals surface area contributed by atoms with Gasteiger partial charge in [-0.3, -0.25) is 0 Å². The number of hydrogen-bond donors (Lipinski definition) is 0. The van der Waals surface area contributed by atoms with Gasteiger partial charge >= 0.3 is 0 Å². The minimum atomic E-state index is -2.22. The summed E-state index contributed by atoms with van der Waals surface area (Å²) < 4.78 is 25.1. The summed E-state index contributed by atoms with van der Waals surface area (Å²) in [5.74, 6) is 0. The van der Waals surface area contributed by atoms with Crippen molar-refractivity contribution in [3.8, 4) is 66.8 Å². The Bertz CT molecular complexity index is 5290. The lowest BCUT2D eigenvalue weighted by Crippen LogP contribution is -2.38. The molecule has 0 bridgehead atoms. The zero-order valence-corrected chi connectivity index (χ0v) is 64.1. The fourth-order valence-electron chi connectivity index (χ4n) is 16.9. The summed E-state index contributed by atoms with van der Waals surface area (Å²) in [6.45, 7) is 43.1. The second-order valence-electron chi connectivity index (χ2n) is 33.4. The number of nitrogens with zero attached hydrogens (tertiary/aromatic N) is 3. The summed E-state index contributed by atoms with van der Waals surface area (Å²) in [5, 5.41) is 0. The summed E-state index contributed by atoms with van der Waals surface area (Å²) in [5.41, 5.74) is 36.3. The molecule has 12 aromatic carbocycles. The van der Waals surface area contributed by atoms with Crippen LogP contribution in [-0.2, 0) is 16.2 Å². The molecule has 516 valence electrons. The van der Waals surface area contributed by atoms with Gasteiger partial charge in [0.25, 0.3) is 0 Å². The van der Waals surface area contributed by atoms with Crippen molar-refractivity contribution in [2.75, 3.05) is 14.7 Å². The van der Waals surface area contributed by atoms with Crippen LogP contribution in [0.25, 0.3) is 66.8 Å². The lowest BCUT2D eigenvalue weighted by atomic mass is 9.81. The highest BCUT2D eigenvalue weighted by Crippen LogP contribution is 2.55. The first-order valence-electron chi connectivity index (χ1n) is 38.2. The van der Waals surface area contributed by atoms with Crippen LogP contribution >= 0.6 is 0 Å². The fourth-order valence-corrected chi connectivity index (χ4v) is 16.9. The third kappa shape index (κ3) is 12.7. The van der Waals surface area contributed by atoms with E-state index in [4.69, 9.17) is 4.11 Å². The standard InChI is InChI=1S/3C33H35N/c1-22-14-8-12-18-30(22)34(32(3,4)5)31-19-13-10-16-25(31)26-21-29-27(20-23(26)2)24-15-9-11-17-28(24)33(29,6)7;1-22-13-8-11-18-31(22)34(32(3,4)5)25-15-12-14-24(20-25)27-21-30-28(19-23(27)2)26-16-9-10-17-29(26)33(30,6)7;1-22-12-8-11-15-31(22)34(32(3,4)5)25-18-16-24(17-19-25)27-21-30-28(20-23(27)2)26-13-9-10-14-29(26)33(30,6)7/h3*8-21H,1-7H3/i;;2D3. The van der Waals surface area contributed by atoms with Crippen LogP contribution in [0.1, 0.15) is 175 Å². The SMILES string of the molecule is Cc1cc2c(cc1-c1cccc(N(c3ccccc3C)C(C)(C)C)c1)C(C)(C)c1ccccc1-2.Cc1cc2c(cc1-c1ccccc1N(c1ccccc1C)C(C)(C)C)C(C)(C)c1ccccc1-2.[2H]C([2H])([2H])c1cc2c(cc1-c1ccc(N(c3ccccc3C)C(C)(C)C)cc1)C(C)(C)c1ccccc1-2. The van der Waals surface area contributed by atoms with Crippen LogP contribution in [0.15, 0.2) is 255 Å². The number of aryl methyl sites for hydroxylation is 6. The largest absolute Gasteiger partial charge is 0.336 e. The van der Waals surface area contributed by atoms with Crippen molar-refractivity contribution in [3.63, 3.8) is 0 Å². The van der Waals surface area contributed by atoms with Gasteiger partial charge in [0.1, 0.15) is 0 Å². The topological polar surface area (TPSA) is 9.72 Å². The van der Waals surface area contributed by atoms with Crippen molar-refractivity contribution < 1.29 is 4.11 Å². The maximum atomic E-state index is 8.36. The highest BCUT2D eigenvalue weighted by atomic mass is 15.2.